The predicted molar refractivity (Wildman–Crippen MR) is 56.9 cm³/mol. The van der Waals surface area contributed by atoms with Crippen molar-refractivity contribution in [1.29, 1.82) is 5.26 Å². The summed E-state index contributed by atoms with van der Waals surface area (Å²) in [6.45, 7) is 3.84. The molecule has 0 bridgehead atoms. The van der Waals surface area contributed by atoms with Gasteiger partial charge < -0.3 is 4.74 Å². The summed E-state index contributed by atoms with van der Waals surface area (Å²) in [6.07, 6.45) is -0.00237. The summed E-state index contributed by atoms with van der Waals surface area (Å²) in [7, 11) is 0. The van der Waals surface area contributed by atoms with E-state index >= 15 is 0 Å². The molecule has 3 nitrogen and oxygen atoms in total. The number of ketones is 1. The summed E-state index contributed by atoms with van der Waals surface area (Å²) < 4.78 is 5.56. The van der Waals surface area contributed by atoms with Crippen molar-refractivity contribution in [2.24, 2.45) is 5.41 Å². The minimum Gasteiger partial charge on any atom is -0.363 e. The topological polar surface area (TPSA) is 53.4 Å². The van der Waals surface area contributed by atoms with Crippen molar-refractivity contribution in [2.75, 3.05) is 0 Å². The van der Waals surface area contributed by atoms with Crippen LogP contribution in [0.25, 0.3) is 0 Å². The molecule has 1 saturated heterocycles. The van der Waals surface area contributed by atoms with Crippen molar-refractivity contribution >= 4 is 5.78 Å². The van der Waals surface area contributed by atoms with Crippen molar-refractivity contribution in [3.8, 4) is 6.07 Å². The number of epoxide rings is 1. The highest BCUT2D eigenvalue weighted by molar-refractivity contribution is 6.03. The van der Waals surface area contributed by atoms with Gasteiger partial charge in [-0.3, -0.25) is 4.79 Å². The average molecular weight is 213 g/mol. The van der Waals surface area contributed by atoms with Gasteiger partial charge in [0.1, 0.15) is 12.2 Å². The van der Waals surface area contributed by atoms with Crippen molar-refractivity contribution in [1.82, 2.24) is 0 Å². The minimum absolute atomic E-state index is 0.0102. The molecule has 1 aliphatic heterocycles. The van der Waals surface area contributed by atoms with Crippen LogP contribution in [0.5, 0.6) is 0 Å². The monoisotopic (exact) mass is 213 g/mol. The van der Waals surface area contributed by atoms with E-state index in [0.717, 1.165) is 5.56 Å². The van der Waals surface area contributed by atoms with Gasteiger partial charge in [-0.05, 0) is 37.6 Å². The number of fused-ring (bicyclic) bond motifs is 3. The van der Waals surface area contributed by atoms with Crippen LogP contribution in [0.4, 0.5) is 0 Å². The molecule has 0 saturated carbocycles. The highest BCUT2D eigenvalue weighted by Crippen LogP contribution is 2.55. The summed E-state index contributed by atoms with van der Waals surface area (Å²) in [6, 6.07) is 7.29. The maximum atomic E-state index is 12.2. The van der Waals surface area contributed by atoms with Crippen LogP contribution >= 0.6 is 0 Å². The number of carbonyl (C=O) groups excluding carboxylic acids is 1. The van der Waals surface area contributed by atoms with Crippen LogP contribution in [-0.2, 0) is 4.74 Å². The molecule has 3 rings (SSSR count). The summed E-state index contributed by atoms with van der Waals surface area (Å²) in [5.74, 6) is 0.116. The van der Waals surface area contributed by atoms with Crippen molar-refractivity contribution in [2.45, 2.75) is 26.1 Å². The third-order valence-corrected chi connectivity index (χ3v) is 3.52. The van der Waals surface area contributed by atoms with E-state index in [1.165, 1.54) is 0 Å². The molecule has 3 heteroatoms. The van der Waals surface area contributed by atoms with Gasteiger partial charge in [0.2, 0.25) is 0 Å². The number of Topliss-reactive ketones (excluding diaryl/α,β-unsaturated/α-hetero) is 1. The summed E-state index contributed by atoms with van der Waals surface area (Å²) in [5, 5.41) is 8.83. The molecule has 0 radical (unpaired) electrons. The Labute approximate surface area is 93.6 Å². The molecule has 0 unspecified atom stereocenters. The van der Waals surface area contributed by atoms with Crippen LogP contribution in [0.3, 0.4) is 0 Å². The van der Waals surface area contributed by atoms with Gasteiger partial charge in [0, 0.05) is 5.56 Å². The Balaban J connectivity index is 2.19. The predicted octanol–water partition coefficient (Wildman–Crippen LogP) is 2.22. The van der Waals surface area contributed by atoms with Gasteiger partial charge in [-0.25, -0.2) is 0 Å². The first kappa shape index (κ1) is 9.56. The van der Waals surface area contributed by atoms with E-state index in [0.29, 0.717) is 11.1 Å². The molecule has 0 N–H and O–H groups in total. The Bertz CT molecular complexity index is 539. The van der Waals surface area contributed by atoms with Gasteiger partial charge in [-0.2, -0.15) is 5.26 Å². The number of nitriles is 1. The van der Waals surface area contributed by atoms with Crippen LogP contribution < -0.4 is 0 Å². The second kappa shape index (κ2) is 2.72. The minimum atomic E-state index is -0.439. The Morgan fingerprint density at radius 1 is 1.44 bits per heavy atom. The van der Waals surface area contributed by atoms with E-state index in [1.807, 2.05) is 13.8 Å². The molecule has 1 aromatic carbocycles. The van der Waals surface area contributed by atoms with Crippen molar-refractivity contribution < 1.29 is 9.53 Å². The number of hydrogen-bond acceptors (Lipinski definition) is 3. The fraction of sp³-hybridized carbons (Fsp3) is 0.385. The lowest BCUT2D eigenvalue weighted by Gasteiger charge is -2.26. The lowest BCUT2D eigenvalue weighted by molar-refractivity contribution is 0.0792. The largest absolute Gasteiger partial charge is 0.363 e. The standard InChI is InChI=1S/C13H11NO2/c1-13(2)11(15)8-4-3-7(6-14)5-9(8)10-12(13)16-10/h3-5,10,12H,1-2H3/t10-,12+/m0/s1. The quantitative estimate of drug-likeness (QED) is 0.621. The molecule has 0 spiro atoms. The molecule has 1 fully saturated rings. The van der Waals surface area contributed by atoms with Crippen LogP contribution in [0.1, 0.15) is 41.4 Å². The number of carbonyl (C=O) groups is 1. The van der Waals surface area contributed by atoms with Gasteiger partial charge in [0.15, 0.2) is 5.78 Å². The SMILES string of the molecule is CC1(C)C(=O)c2ccc(C#N)cc2[C@@H]2O[C@H]21. The van der Waals surface area contributed by atoms with Gasteiger partial charge in [0.25, 0.3) is 0 Å². The molecule has 16 heavy (non-hydrogen) atoms. The number of ether oxygens (including phenoxy) is 1. The number of hydrogen-bond donors (Lipinski definition) is 0. The number of rotatable bonds is 0. The lowest BCUT2D eigenvalue weighted by atomic mass is 9.73. The van der Waals surface area contributed by atoms with Crippen LogP contribution in [0, 0.1) is 16.7 Å². The first-order chi connectivity index (χ1) is 7.55. The molecule has 1 heterocycles. The summed E-state index contributed by atoms with van der Waals surface area (Å²) >= 11 is 0. The Morgan fingerprint density at radius 2 is 2.19 bits per heavy atom. The third kappa shape index (κ3) is 1.03. The van der Waals surface area contributed by atoms with Crippen LogP contribution in [0.15, 0.2) is 18.2 Å². The average Bonchev–Trinajstić information content (AvgIpc) is 3.06. The zero-order valence-electron chi connectivity index (χ0n) is 9.15. The van der Waals surface area contributed by atoms with Gasteiger partial charge >= 0.3 is 0 Å². The fourth-order valence-corrected chi connectivity index (χ4v) is 2.45. The second-order valence-electron chi connectivity index (χ2n) is 4.94. The molecule has 80 valence electrons. The maximum Gasteiger partial charge on any atom is 0.171 e. The molecular weight excluding hydrogens is 202 g/mol. The van der Waals surface area contributed by atoms with Crippen molar-refractivity contribution in [3.05, 3.63) is 34.9 Å². The highest BCUT2D eigenvalue weighted by atomic mass is 16.6. The van der Waals surface area contributed by atoms with Gasteiger partial charge in [0.05, 0.1) is 17.0 Å². The normalized spacial score (nSPS) is 28.9. The van der Waals surface area contributed by atoms with Gasteiger partial charge in [-0.1, -0.05) is 0 Å². The third-order valence-electron chi connectivity index (χ3n) is 3.52. The smallest absolute Gasteiger partial charge is 0.171 e. The second-order valence-corrected chi connectivity index (χ2v) is 4.94. The Hall–Kier alpha value is -1.66. The molecule has 1 aromatic rings. The summed E-state index contributed by atoms with van der Waals surface area (Å²) in [4.78, 5) is 12.2. The van der Waals surface area contributed by atoms with Gasteiger partial charge in [-0.15, -0.1) is 0 Å². The number of benzene rings is 1. The zero-order chi connectivity index (χ0) is 11.5. The highest BCUT2D eigenvalue weighted by Gasteiger charge is 2.58. The van der Waals surface area contributed by atoms with Crippen LogP contribution in [-0.4, -0.2) is 11.9 Å². The lowest BCUT2D eigenvalue weighted by Crippen LogP contribution is -2.34. The first-order valence-corrected chi connectivity index (χ1v) is 5.30. The van der Waals surface area contributed by atoms with E-state index < -0.39 is 5.41 Å². The van der Waals surface area contributed by atoms with Crippen molar-refractivity contribution in [3.63, 3.8) is 0 Å². The number of nitrogens with zero attached hydrogens (tertiary/aromatic N) is 1. The van der Waals surface area contributed by atoms with E-state index in [4.69, 9.17) is 10.00 Å². The fourth-order valence-electron chi connectivity index (χ4n) is 2.45. The molecule has 0 amide bonds. The molecule has 2 aliphatic rings. The molecule has 1 aliphatic carbocycles. The zero-order valence-corrected chi connectivity index (χ0v) is 9.15. The van der Waals surface area contributed by atoms with E-state index in [-0.39, 0.29) is 18.0 Å². The summed E-state index contributed by atoms with van der Waals surface area (Å²) in [5.41, 5.74) is 1.74. The van der Waals surface area contributed by atoms with E-state index in [2.05, 4.69) is 6.07 Å². The van der Waals surface area contributed by atoms with Crippen LogP contribution in [0.2, 0.25) is 0 Å². The maximum absolute atomic E-state index is 12.2. The Kier molecular flexibility index (Phi) is 1.62. The first-order valence-electron chi connectivity index (χ1n) is 5.30. The van der Waals surface area contributed by atoms with E-state index in [9.17, 15) is 4.79 Å². The molecule has 2 atom stereocenters. The van der Waals surface area contributed by atoms with E-state index in [1.54, 1.807) is 18.2 Å². The Morgan fingerprint density at radius 3 is 2.88 bits per heavy atom. The molecular formula is C13H11NO2. The molecule has 0 aromatic heterocycles.